The Hall–Kier alpha value is -3.96. The van der Waals surface area contributed by atoms with Crippen molar-refractivity contribution < 1.29 is 28.2 Å². The average molecular weight is 622 g/mol. The Morgan fingerprint density at radius 2 is 1.89 bits per heavy atom. The molecule has 0 unspecified atom stereocenters. The zero-order valence-electron chi connectivity index (χ0n) is 25.4. The number of pyridine rings is 2. The molecule has 1 fully saturated rings. The van der Waals surface area contributed by atoms with E-state index in [0.29, 0.717) is 49.9 Å². The van der Waals surface area contributed by atoms with E-state index in [4.69, 9.17) is 9.47 Å². The minimum absolute atomic E-state index is 0. The number of benzene rings is 1. The Balaban J connectivity index is 0.00000400. The predicted octanol–water partition coefficient (Wildman–Crippen LogP) is 6.50. The number of aryl methyl sites for hydroxylation is 2. The lowest BCUT2D eigenvalue weighted by atomic mass is 9.70. The van der Waals surface area contributed by atoms with Crippen molar-refractivity contribution in [2.45, 2.75) is 79.0 Å². The normalized spacial score (nSPS) is 17.4. The summed E-state index contributed by atoms with van der Waals surface area (Å²) in [5.74, 6) is -1.33. The van der Waals surface area contributed by atoms with E-state index in [1.54, 1.807) is 33.0 Å². The van der Waals surface area contributed by atoms with Gasteiger partial charge in [0.25, 0.3) is 6.43 Å². The molecule has 0 bridgehead atoms. The molecule has 0 aliphatic carbocycles. The van der Waals surface area contributed by atoms with Crippen molar-refractivity contribution >= 4 is 11.6 Å². The number of alkyl halides is 2. The van der Waals surface area contributed by atoms with Crippen LogP contribution in [0.3, 0.4) is 0 Å². The summed E-state index contributed by atoms with van der Waals surface area (Å²) in [4.78, 5) is 19.6. The van der Waals surface area contributed by atoms with Gasteiger partial charge < -0.3 is 14.6 Å². The van der Waals surface area contributed by atoms with Crippen LogP contribution >= 0.6 is 0 Å². The van der Waals surface area contributed by atoms with E-state index < -0.39 is 35.2 Å². The topological polar surface area (TPSA) is 102 Å². The van der Waals surface area contributed by atoms with Crippen molar-refractivity contribution in [2.24, 2.45) is 5.41 Å². The molecular formula is C34H41F2N5O4. The van der Waals surface area contributed by atoms with Crippen molar-refractivity contribution in [2.75, 3.05) is 19.8 Å². The number of ether oxygens (including phenoxy) is 2. The first-order valence-electron chi connectivity index (χ1n) is 14.9. The van der Waals surface area contributed by atoms with Crippen LogP contribution in [0.15, 0.2) is 48.8 Å². The van der Waals surface area contributed by atoms with Crippen LogP contribution in [0, 0.1) is 19.3 Å². The number of halogens is 2. The van der Waals surface area contributed by atoms with Gasteiger partial charge in [0.15, 0.2) is 5.65 Å². The van der Waals surface area contributed by atoms with Crippen molar-refractivity contribution in [3.8, 4) is 5.88 Å². The Morgan fingerprint density at radius 3 is 2.60 bits per heavy atom. The van der Waals surface area contributed by atoms with Gasteiger partial charge in [0.1, 0.15) is 5.60 Å². The lowest BCUT2D eigenvalue weighted by molar-refractivity contribution is -0.147. The maximum absolute atomic E-state index is 13.6. The van der Waals surface area contributed by atoms with E-state index in [1.165, 1.54) is 10.6 Å². The molecule has 11 heteroatoms. The molecule has 1 aromatic carbocycles. The molecule has 0 radical (unpaired) electrons. The van der Waals surface area contributed by atoms with Crippen LogP contribution in [0.4, 0.5) is 8.78 Å². The van der Waals surface area contributed by atoms with Crippen LogP contribution in [0.2, 0.25) is 0 Å². The second-order valence-electron chi connectivity index (χ2n) is 12.6. The quantitative estimate of drug-likeness (QED) is 0.250. The first-order valence-corrected chi connectivity index (χ1v) is 14.9. The Labute approximate surface area is 262 Å². The molecule has 45 heavy (non-hydrogen) atoms. The van der Waals surface area contributed by atoms with Gasteiger partial charge in [-0.15, -0.1) is 10.2 Å². The number of carbonyl (C=O) groups is 1. The summed E-state index contributed by atoms with van der Waals surface area (Å²) in [6, 6.07) is 11.8. The molecule has 1 saturated heterocycles. The highest BCUT2D eigenvalue weighted by molar-refractivity contribution is 5.77. The zero-order chi connectivity index (χ0) is 31.2. The van der Waals surface area contributed by atoms with Gasteiger partial charge in [0.2, 0.25) is 11.7 Å². The van der Waals surface area contributed by atoms with E-state index >= 15 is 0 Å². The first-order chi connectivity index (χ1) is 21.0. The van der Waals surface area contributed by atoms with Gasteiger partial charge >= 0.3 is 5.97 Å². The maximum Gasteiger partial charge on any atom is 0.310 e. The van der Waals surface area contributed by atoms with Gasteiger partial charge in [-0.2, -0.15) is 0 Å². The summed E-state index contributed by atoms with van der Waals surface area (Å²) in [6.07, 6.45) is 2.02. The highest BCUT2D eigenvalue weighted by atomic mass is 19.3. The highest BCUT2D eigenvalue weighted by Gasteiger charge is 2.42. The van der Waals surface area contributed by atoms with E-state index in [1.807, 2.05) is 24.3 Å². The molecular weight excluding hydrogens is 580 g/mol. The molecule has 9 nitrogen and oxygen atoms in total. The number of hydrogen-bond donors (Lipinski definition) is 1. The summed E-state index contributed by atoms with van der Waals surface area (Å²) in [7, 11) is 0. The third kappa shape index (κ3) is 6.03. The summed E-state index contributed by atoms with van der Waals surface area (Å²) in [5, 5.41) is 18.1. The van der Waals surface area contributed by atoms with Crippen molar-refractivity contribution in [1.29, 1.82) is 0 Å². The standard InChI is InChI=1S/C33H37F2N5O4.CH4/c1-20-7-8-22(26(32(3,4)31(41)42)25-9-13-40-28(21(25)2)37-38-29(40)27(34)35)16-24(20)18-39-17-23-6-5-12-36-30(23)44-33(19-39)10-14-43-15-11-33;/h5-9,12-13,16,26-27H,10-11,14-15,17-19H2,1-4H3,(H,41,42);1H4/t26-;/m0./s1. The number of rotatable bonds is 7. The Bertz CT molecular complexity index is 1700. The van der Waals surface area contributed by atoms with Gasteiger partial charge in [-0.05, 0) is 67.6 Å². The van der Waals surface area contributed by atoms with E-state index in [2.05, 4.69) is 33.1 Å². The molecule has 6 rings (SSSR count). The molecule has 2 aliphatic rings. The fourth-order valence-electron chi connectivity index (χ4n) is 6.66. The molecule has 1 N–H and O–H groups in total. The zero-order valence-corrected chi connectivity index (χ0v) is 25.4. The molecule has 5 heterocycles. The molecule has 1 spiro atoms. The van der Waals surface area contributed by atoms with Crippen LogP contribution < -0.4 is 4.74 Å². The van der Waals surface area contributed by atoms with Crippen molar-refractivity contribution in [3.63, 3.8) is 0 Å². The molecule has 3 aromatic heterocycles. The van der Waals surface area contributed by atoms with Crippen LogP contribution in [-0.2, 0) is 22.6 Å². The highest BCUT2D eigenvalue weighted by Crippen LogP contribution is 2.44. The minimum Gasteiger partial charge on any atom is -0.481 e. The van der Waals surface area contributed by atoms with Crippen molar-refractivity contribution in [3.05, 3.63) is 88.0 Å². The lowest BCUT2D eigenvalue weighted by Gasteiger charge is -2.38. The van der Waals surface area contributed by atoms with E-state index in [-0.39, 0.29) is 13.1 Å². The Morgan fingerprint density at radius 1 is 1.13 bits per heavy atom. The minimum atomic E-state index is -2.78. The van der Waals surface area contributed by atoms with Crippen LogP contribution in [0.25, 0.3) is 5.65 Å². The lowest BCUT2D eigenvalue weighted by Crippen LogP contribution is -2.49. The molecule has 0 saturated carbocycles. The average Bonchev–Trinajstić information content (AvgIpc) is 3.36. The molecule has 4 aromatic rings. The Kier molecular flexibility index (Phi) is 8.97. The van der Waals surface area contributed by atoms with Crippen LogP contribution in [0.1, 0.15) is 85.7 Å². The smallest absolute Gasteiger partial charge is 0.310 e. The second-order valence-corrected chi connectivity index (χ2v) is 12.6. The van der Waals surface area contributed by atoms with Crippen molar-refractivity contribution in [1.82, 2.24) is 24.5 Å². The van der Waals surface area contributed by atoms with Gasteiger partial charge in [-0.3, -0.25) is 14.1 Å². The first kappa shape index (κ1) is 32.4. The largest absolute Gasteiger partial charge is 0.481 e. The fraction of sp³-hybridized carbons (Fsp3) is 0.471. The van der Waals surface area contributed by atoms with Gasteiger partial charge in [-0.25, -0.2) is 13.8 Å². The van der Waals surface area contributed by atoms with Crippen LogP contribution in [0.5, 0.6) is 5.88 Å². The number of carboxylic acids is 1. The molecule has 1 atom stereocenters. The number of fused-ring (bicyclic) bond motifs is 2. The fourth-order valence-corrected chi connectivity index (χ4v) is 6.66. The van der Waals surface area contributed by atoms with Gasteiger partial charge in [0, 0.05) is 56.4 Å². The van der Waals surface area contributed by atoms with Crippen LogP contribution in [-0.4, -0.2) is 60.9 Å². The number of aromatic nitrogens is 4. The third-order valence-electron chi connectivity index (χ3n) is 9.25. The second kappa shape index (κ2) is 12.4. The number of aliphatic carboxylic acids is 1. The summed E-state index contributed by atoms with van der Waals surface area (Å²) in [5.41, 5.74) is 3.99. The number of nitrogens with zero attached hydrogens (tertiary/aromatic N) is 5. The van der Waals surface area contributed by atoms with E-state index in [0.717, 1.165) is 35.1 Å². The predicted molar refractivity (Wildman–Crippen MR) is 166 cm³/mol. The summed E-state index contributed by atoms with van der Waals surface area (Å²) >= 11 is 0. The molecule has 240 valence electrons. The molecule has 2 aliphatic heterocycles. The van der Waals surface area contributed by atoms with E-state index in [9.17, 15) is 18.7 Å². The van der Waals surface area contributed by atoms with Gasteiger partial charge in [-0.1, -0.05) is 31.7 Å². The molecule has 0 amide bonds. The SMILES string of the molecule is C.Cc1ccc([C@@H](c2ccn3c(C(F)F)nnc3c2C)C(C)(C)C(=O)O)cc1CN1Cc2cccnc2OC2(CCOCC2)C1. The summed E-state index contributed by atoms with van der Waals surface area (Å²) < 4.78 is 40.6. The number of hydrogen-bond acceptors (Lipinski definition) is 7. The third-order valence-corrected chi connectivity index (χ3v) is 9.25. The number of carboxylic acid groups (broad SMARTS) is 1. The maximum atomic E-state index is 13.6. The monoisotopic (exact) mass is 621 g/mol. The summed E-state index contributed by atoms with van der Waals surface area (Å²) in [6.45, 7) is 10.5. The van der Waals surface area contributed by atoms with Gasteiger partial charge in [0.05, 0.1) is 18.6 Å².